The number of nitrogens with one attached hydrogen (secondary N) is 1. The molecule has 5 heterocycles. The van der Waals surface area contributed by atoms with Crippen LogP contribution in [0.15, 0.2) is 47.7 Å². The normalized spacial score (nSPS) is 21.2. The van der Waals surface area contributed by atoms with Crippen molar-refractivity contribution in [2.45, 2.75) is 25.3 Å². The van der Waals surface area contributed by atoms with Gasteiger partial charge in [-0.2, -0.15) is 5.26 Å². The van der Waals surface area contributed by atoms with Crippen molar-refractivity contribution in [1.82, 2.24) is 14.5 Å². The van der Waals surface area contributed by atoms with Crippen molar-refractivity contribution in [2.24, 2.45) is 10.9 Å². The van der Waals surface area contributed by atoms with Crippen molar-refractivity contribution < 1.29 is 9.47 Å². The van der Waals surface area contributed by atoms with E-state index < -0.39 is 0 Å². The third-order valence-electron chi connectivity index (χ3n) is 8.26. The third kappa shape index (κ3) is 4.19. The van der Waals surface area contributed by atoms with Crippen molar-refractivity contribution in [3.8, 4) is 23.1 Å². The number of methoxy groups -OCH3 is 1. The molecule has 208 valence electrons. The Morgan fingerprint density at radius 1 is 1.27 bits per heavy atom. The number of nitrogens with zero attached hydrogens (tertiary/aromatic N) is 7. The highest BCUT2D eigenvalue weighted by Crippen LogP contribution is 2.43. The molecule has 3 N–H and O–H groups in total. The fraction of sp³-hybridized carbons (Fsp3) is 0.333. The van der Waals surface area contributed by atoms with Crippen LogP contribution in [0, 0.1) is 17.2 Å². The first-order valence-corrected chi connectivity index (χ1v) is 13.7. The first kappa shape index (κ1) is 25.2. The molecular formula is C30H31N9O2. The molecule has 0 radical (unpaired) electrons. The summed E-state index contributed by atoms with van der Waals surface area (Å²) in [6, 6.07) is 12.3. The Bertz CT molecular complexity index is 1740. The van der Waals surface area contributed by atoms with Gasteiger partial charge in [0, 0.05) is 62.5 Å². The monoisotopic (exact) mass is 549 g/mol. The van der Waals surface area contributed by atoms with Gasteiger partial charge in [-0.05, 0) is 18.6 Å². The second-order valence-electron chi connectivity index (χ2n) is 10.8. The van der Waals surface area contributed by atoms with E-state index in [-0.39, 0.29) is 12.3 Å². The number of hydrogen-bond acceptors (Lipinski definition) is 10. The van der Waals surface area contributed by atoms with Crippen LogP contribution in [-0.2, 0) is 11.3 Å². The lowest BCUT2D eigenvalue weighted by atomic mass is 10.1. The Hall–Kier alpha value is -4.82. The summed E-state index contributed by atoms with van der Waals surface area (Å²) in [5, 5.41) is 14.3. The Balaban J connectivity index is 1.25. The molecule has 0 amide bonds. The van der Waals surface area contributed by atoms with E-state index in [1.165, 1.54) is 0 Å². The molecular weight excluding hydrogens is 518 g/mol. The Kier molecular flexibility index (Phi) is 5.94. The molecule has 3 atom stereocenters. The maximum Gasteiger partial charge on any atom is 0.227 e. The molecule has 41 heavy (non-hydrogen) atoms. The highest BCUT2D eigenvalue weighted by Gasteiger charge is 2.45. The summed E-state index contributed by atoms with van der Waals surface area (Å²) in [6.07, 6.45) is 6.89. The molecule has 0 bridgehead atoms. The Morgan fingerprint density at radius 2 is 2.15 bits per heavy atom. The average Bonchev–Trinajstić information content (AvgIpc) is 3.46. The van der Waals surface area contributed by atoms with Crippen LogP contribution in [0.3, 0.4) is 0 Å². The van der Waals surface area contributed by atoms with Crippen LogP contribution in [0.4, 0.5) is 28.7 Å². The van der Waals surface area contributed by atoms with E-state index in [2.05, 4.69) is 61.1 Å². The van der Waals surface area contributed by atoms with Crippen LogP contribution in [-0.4, -0.2) is 67.4 Å². The smallest absolute Gasteiger partial charge is 0.227 e. The molecule has 2 aromatic heterocycles. The van der Waals surface area contributed by atoms with E-state index in [4.69, 9.17) is 20.2 Å². The van der Waals surface area contributed by atoms with Gasteiger partial charge in [-0.15, -0.1) is 0 Å². The SMILES string of the molecule is C/N=C/C1CCN(c2cc(OC)c(Nc3ncc(C#N)c(-c4cn5c6c(cccc46)N(C)C4O[C@H]4C5)n3)cc2N)C1. The second-order valence-corrected chi connectivity index (χ2v) is 10.8. The second kappa shape index (κ2) is 9.67. The van der Waals surface area contributed by atoms with Crippen molar-refractivity contribution in [1.29, 1.82) is 5.26 Å². The molecule has 4 aromatic rings. The maximum atomic E-state index is 9.97. The number of likely N-dealkylation sites (N-methyl/N-ethyl adjacent to an activating group) is 1. The number of epoxide rings is 1. The highest BCUT2D eigenvalue weighted by atomic mass is 16.6. The fourth-order valence-electron chi connectivity index (χ4n) is 6.21. The summed E-state index contributed by atoms with van der Waals surface area (Å²) in [6.45, 7) is 2.50. The van der Waals surface area contributed by atoms with Gasteiger partial charge in [0.05, 0.1) is 59.4 Å². The van der Waals surface area contributed by atoms with Gasteiger partial charge in [-0.25, -0.2) is 9.97 Å². The predicted octanol–water partition coefficient (Wildman–Crippen LogP) is 4.01. The maximum absolute atomic E-state index is 9.97. The highest BCUT2D eigenvalue weighted by molar-refractivity contribution is 6.03. The van der Waals surface area contributed by atoms with Gasteiger partial charge in [0.2, 0.25) is 5.95 Å². The van der Waals surface area contributed by atoms with Crippen LogP contribution in [0.5, 0.6) is 5.75 Å². The number of aliphatic imine (C=N–C) groups is 1. The van der Waals surface area contributed by atoms with Gasteiger partial charge in [0.15, 0.2) is 6.23 Å². The molecule has 2 unspecified atom stereocenters. The van der Waals surface area contributed by atoms with Gasteiger partial charge in [-0.3, -0.25) is 0 Å². The molecule has 2 saturated heterocycles. The number of hydrogen-bond donors (Lipinski definition) is 2. The number of rotatable bonds is 6. The zero-order valence-corrected chi connectivity index (χ0v) is 23.2. The van der Waals surface area contributed by atoms with Crippen molar-refractivity contribution in [3.63, 3.8) is 0 Å². The van der Waals surface area contributed by atoms with Gasteiger partial charge in [-0.1, -0.05) is 12.1 Å². The summed E-state index contributed by atoms with van der Waals surface area (Å²) in [5.74, 6) is 1.38. The third-order valence-corrected chi connectivity index (χ3v) is 8.26. The van der Waals surface area contributed by atoms with E-state index in [0.29, 0.717) is 40.2 Å². The molecule has 11 nitrogen and oxygen atoms in total. The molecule has 3 aliphatic rings. The predicted molar refractivity (Wildman–Crippen MR) is 160 cm³/mol. The van der Waals surface area contributed by atoms with Crippen molar-refractivity contribution in [2.75, 3.05) is 55.1 Å². The summed E-state index contributed by atoms with van der Waals surface area (Å²) < 4.78 is 13.8. The summed E-state index contributed by atoms with van der Waals surface area (Å²) in [7, 11) is 5.49. The summed E-state index contributed by atoms with van der Waals surface area (Å²) in [5.41, 5.74) is 12.8. The average molecular weight is 550 g/mol. The number of aromatic nitrogens is 3. The number of anilines is 5. The lowest BCUT2D eigenvalue weighted by Gasteiger charge is -2.22. The summed E-state index contributed by atoms with van der Waals surface area (Å²) >= 11 is 0. The van der Waals surface area contributed by atoms with Gasteiger partial charge >= 0.3 is 0 Å². The Morgan fingerprint density at radius 3 is 2.95 bits per heavy atom. The minimum atomic E-state index is 0.0966. The number of nitriles is 1. The van der Waals surface area contributed by atoms with Gasteiger partial charge < -0.3 is 39.9 Å². The number of ether oxygens (including phenoxy) is 2. The van der Waals surface area contributed by atoms with E-state index in [1.807, 2.05) is 24.4 Å². The van der Waals surface area contributed by atoms with E-state index >= 15 is 0 Å². The number of nitrogen functional groups attached to an aromatic ring is 1. The number of para-hydroxylation sites is 1. The van der Waals surface area contributed by atoms with Crippen LogP contribution in [0.1, 0.15) is 12.0 Å². The fourth-order valence-corrected chi connectivity index (χ4v) is 6.21. The quantitative estimate of drug-likeness (QED) is 0.208. The van der Waals surface area contributed by atoms with Crippen LogP contribution >= 0.6 is 0 Å². The van der Waals surface area contributed by atoms with Crippen molar-refractivity contribution in [3.05, 3.63) is 48.3 Å². The largest absolute Gasteiger partial charge is 0.494 e. The lowest BCUT2D eigenvalue weighted by Crippen LogP contribution is -2.22. The summed E-state index contributed by atoms with van der Waals surface area (Å²) in [4.78, 5) is 17.9. The molecule has 2 fully saturated rings. The number of nitrogens with two attached hydrogens (primary N) is 1. The van der Waals surface area contributed by atoms with E-state index in [0.717, 1.165) is 53.9 Å². The first-order chi connectivity index (χ1) is 20.0. The molecule has 0 aliphatic carbocycles. The first-order valence-electron chi connectivity index (χ1n) is 13.7. The van der Waals surface area contributed by atoms with Gasteiger partial charge in [0.1, 0.15) is 17.9 Å². The number of fused-ring (bicyclic) bond motifs is 1. The lowest BCUT2D eigenvalue weighted by molar-refractivity contribution is 0.352. The Labute approximate surface area is 237 Å². The molecule has 0 spiro atoms. The molecule has 2 aromatic carbocycles. The topological polar surface area (TPSA) is 133 Å². The molecule has 11 heteroatoms. The molecule has 3 aliphatic heterocycles. The zero-order chi connectivity index (χ0) is 28.2. The van der Waals surface area contributed by atoms with Crippen LogP contribution in [0.25, 0.3) is 22.2 Å². The van der Waals surface area contributed by atoms with Crippen molar-refractivity contribution >= 4 is 45.8 Å². The number of benzene rings is 2. The zero-order valence-electron chi connectivity index (χ0n) is 23.2. The van der Waals surface area contributed by atoms with Crippen LogP contribution < -0.4 is 25.6 Å². The standard InChI is InChI=1S/C30H31N9O2/c1-33-12-17-7-8-38(14-17)24-10-25(40-3)22(9-21(24)32)35-30-34-13-18(11-31)27(36-30)20-15-39-16-26-29(41-26)37(2)23-6-4-5-19(20)28(23)39/h4-6,9-10,12-13,15,17,26,29H,7-8,14,16,32H2,1-3H3,(H,34,35,36)/b33-12+/t17?,26-,29?/m0/s1. The molecule has 7 rings (SSSR count). The minimum absolute atomic E-state index is 0.0966. The van der Waals surface area contributed by atoms with Crippen LogP contribution in [0.2, 0.25) is 0 Å². The minimum Gasteiger partial charge on any atom is -0.494 e. The van der Waals surface area contributed by atoms with E-state index in [1.54, 1.807) is 20.4 Å². The van der Waals surface area contributed by atoms with Gasteiger partial charge in [0.25, 0.3) is 0 Å². The van der Waals surface area contributed by atoms with E-state index in [9.17, 15) is 5.26 Å². The molecule has 0 saturated carbocycles.